The quantitative estimate of drug-likeness (QED) is 0.119. The van der Waals surface area contributed by atoms with Crippen LogP contribution in [0.2, 0.25) is 5.02 Å². The number of sulfonamides is 1. The number of nitrogens with one attached hydrogen (secondary N) is 4. The van der Waals surface area contributed by atoms with Crippen molar-refractivity contribution in [3.63, 3.8) is 0 Å². The van der Waals surface area contributed by atoms with E-state index in [0.29, 0.717) is 28.5 Å². The van der Waals surface area contributed by atoms with Gasteiger partial charge in [-0.25, -0.2) is 23.1 Å². The summed E-state index contributed by atoms with van der Waals surface area (Å²) in [4.78, 5) is 42.4. The normalized spacial score (nSPS) is 17.4. The Morgan fingerprint density at radius 2 is 1.87 bits per heavy atom. The maximum Gasteiger partial charge on any atom is 0.268 e. The smallest absolute Gasteiger partial charge is 0.268 e. The third-order valence-corrected chi connectivity index (χ3v) is 12.1. The number of allylic oxidation sites excluding steroid dienone is 1. The molecule has 1 atom stereocenters. The van der Waals surface area contributed by atoms with Crippen LogP contribution in [0.25, 0.3) is 27.5 Å². The first-order chi connectivity index (χ1) is 26.4. The lowest BCUT2D eigenvalue weighted by Gasteiger charge is -2.41. The lowest BCUT2D eigenvalue weighted by atomic mass is 9.71. The zero-order valence-corrected chi connectivity index (χ0v) is 31.9. The molecule has 8 rings (SSSR count). The van der Waals surface area contributed by atoms with E-state index in [1.807, 2.05) is 24.3 Å². The minimum absolute atomic E-state index is 0.00993. The van der Waals surface area contributed by atoms with Crippen molar-refractivity contribution in [3.8, 4) is 11.5 Å². The van der Waals surface area contributed by atoms with Crippen LogP contribution in [-0.2, 0) is 10.0 Å². The van der Waals surface area contributed by atoms with Crippen LogP contribution in [0.3, 0.4) is 0 Å². The molecule has 1 fully saturated rings. The fourth-order valence-corrected chi connectivity index (χ4v) is 8.72. The topological polar surface area (TPSA) is 162 Å². The van der Waals surface area contributed by atoms with Crippen molar-refractivity contribution < 1.29 is 17.9 Å². The number of halogens is 1. The second kappa shape index (κ2) is 14.6. The van der Waals surface area contributed by atoms with Crippen molar-refractivity contribution in [1.82, 2.24) is 30.0 Å². The number of carbonyl (C=O) groups excluding carboxylic acids is 1. The van der Waals surface area contributed by atoms with Gasteiger partial charge in [0.05, 0.1) is 33.9 Å². The maximum absolute atomic E-state index is 13.9. The molecule has 0 saturated carbocycles. The molecule has 3 aromatic carbocycles. The molecular weight excluding hydrogens is 738 g/mol. The van der Waals surface area contributed by atoms with Crippen molar-refractivity contribution >= 4 is 60.7 Å². The van der Waals surface area contributed by atoms with E-state index < -0.39 is 21.5 Å². The van der Waals surface area contributed by atoms with E-state index in [1.54, 1.807) is 30.6 Å². The molecule has 14 heteroatoms. The number of carbonyl (C=O) groups is 1. The van der Waals surface area contributed by atoms with Crippen molar-refractivity contribution in [3.05, 3.63) is 124 Å². The lowest BCUT2D eigenvalue weighted by Crippen LogP contribution is -2.51. The molecule has 12 nitrogen and oxygen atoms in total. The first kappa shape index (κ1) is 36.5. The minimum atomic E-state index is -4.40. The number of rotatable bonds is 9. The maximum atomic E-state index is 13.9. The molecule has 0 spiro atoms. The third-order valence-electron chi connectivity index (χ3n) is 10.5. The summed E-state index contributed by atoms with van der Waals surface area (Å²) in [6, 6.07) is 21.0. The number of pyridine rings is 1. The van der Waals surface area contributed by atoms with Crippen LogP contribution in [-0.4, -0.2) is 59.9 Å². The van der Waals surface area contributed by atoms with Gasteiger partial charge in [0, 0.05) is 54.0 Å². The fourth-order valence-electron chi connectivity index (χ4n) is 7.60. The first-order valence-corrected chi connectivity index (χ1v) is 20.0. The van der Waals surface area contributed by atoms with E-state index in [1.165, 1.54) is 41.2 Å². The van der Waals surface area contributed by atoms with E-state index >= 15 is 0 Å². The number of amides is 1. The predicted molar refractivity (Wildman–Crippen MR) is 214 cm³/mol. The highest BCUT2D eigenvalue weighted by atomic mass is 35.5. The summed E-state index contributed by atoms with van der Waals surface area (Å²) in [6.45, 7) is 6.88. The monoisotopic (exact) mass is 777 g/mol. The number of piperazine rings is 1. The van der Waals surface area contributed by atoms with Gasteiger partial charge in [0.25, 0.3) is 21.5 Å². The molecule has 0 bridgehead atoms. The summed E-state index contributed by atoms with van der Waals surface area (Å²) >= 11 is 6.27. The number of anilines is 1. The largest absolute Gasteiger partial charge is 0.455 e. The Balaban J connectivity index is 1.13. The molecule has 4 heterocycles. The van der Waals surface area contributed by atoms with Gasteiger partial charge in [0.15, 0.2) is 0 Å². The van der Waals surface area contributed by atoms with Crippen LogP contribution >= 0.6 is 11.6 Å². The predicted octanol–water partition coefficient (Wildman–Crippen LogP) is 7.20. The molecule has 0 radical (unpaired) electrons. The number of ether oxygens (including phenoxy) is 1. The van der Waals surface area contributed by atoms with Gasteiger partial charge in [-0.15, -0.1) is 0 Å². The Kier molecular flexibility index (Phi) is 9.70. The van der Waals surface area contributed by atoms with Gasteiger partial charge in [-0.3, -0.25) is 9.59 Å². The summed E-state index contributed by atoms with van der Waals surface area (Å²) in [6.07, 6.45) is 8.47. The molecule has 6 aromatic rings. The zero-order valence-electron chi connectivity index (χ0n) is 30.4. The summed E-state index contributed by atoms with van der Waals surface area (Å²) in [7, 11) is -4.40. The zero-order chi connectivity index (χ0) is 38.3. The number of H-pyrrole nitrogens is 2. The van der Waals surface area contributed by atoms with E-state index in [9.17, 15) is 18.0 Å². The Bertz CT molecular complexity index is 2640. The van der Waals surface area contributed by atoms with Crippen molar-refractivity contribution in [2.24, 2.45) is 5.41 Å². The number of nitrogens with zero attached hydrogens (tertiary/aromatic N) is 3. The lowest BCUT2D eigenvalue weighted by molar-refractivity contribution is 0.0979. The molecule has 1 saturated heterocycles. The van der Waals surface area contributed by atoms with Crippen molar-refractivity contribution in [2.45, 2.75) is 50.5 Å². The molecule has 3 aromatic heterocycles. The van der Waals surface area contributed by atoms with Crippen LogP contribution in [0.4, 0.5) is 5.69 Å². The van der Waals surface area contributed by atoms with Crippen LogP contribution in [0.1, 0.15) is 55.5 Å². The Morgan fingerprint density at radius 3 is 2.71 bits per heavy atom. The van der Waals surface area contributed by atoms with E-state index in [4.69, 9.17) is 16.3 Å². The van der Waals surface area contributed by atoms with Gasteiger partial charge in [0.2, 0.25) is 0 Å². The van der Waals surface area contributed by atoms with Crippen LogP contribution < -0.4 is 25.2 Å². The van der Waals surface area contributed by atoms with Crippen LogP contribution in [0.15, 0.2) is 107 Å². The Labute approximate surface area is 323 Å². The third kappa shape index (κ3) is 7.73. The SMILES string of the molecule is CC1(C)CCC(CC2CNCCN2c2ccc(C(=O)NS(=O)(=O)c3ccc4nc[nH]c(=O)c4c3)c(Oc3cnc4[nH]ccc4c3)c2)=C(c2ccc(Cl)cc2)C1. The standard InChI is InChI=1S/C41H40ClN7O5S/c1-41(2)13-11-26(35(21-41)25-3-5-28(42)6-4-25)17-30-22-43-15-16-49(30)29-7-9-33(37(19-29)54-31-18-27-12-14-44-38(27)45-23-31)40(51)48-55(52,53)32-8-10-36-34(20-32)39(50)47-24-46-36/h3-10,12,14,18-20,23-24,30,43H,11,13,15-17,21-22H2,1-2H3,(H,44,45)(H,48,51)(H,46,47,50). The highest BCUT2D eigenvalue weighted by Gasteiger charge is 2.32. The molecule has 1 unspecified atom stereocenters. The highest BCUT2D eigenvalue weighted by Crippen LogP contribution is 2.45. The number of hydrogen-bond donors (Lipinski definition) is 4. The molecule has 1 amide bonds. The molecule has 4 N–H and O–H groups in total. The van der Waals surface area contributed by atoms with Gasteiger partial charge in [-0.2, -0.15) is 0 Å². The second-order valence-corrected chi connectivity index (χ2v) is 17.0. The molecule has 1 aliphatic carbocycles. The van der Waals surface area contributed by atoms with Gasteiger partial charge < -0.3 is 24.9 Å². The number of aromatic amines is 2. The molecular formula is C41H40ClN7O5S. The molecule has 2 aliphatic rings. The van der Waals surface area contributed by atoms with E-state index in [-0.39, 0.29) is 33.1 Å². The van der Waals surface area contributed by atoms with E-state index in [0.717, 1.165) is 49.8 Å². The number of aromatic nitrogens is 4. The fraction of sp³-hybridized carbons (Fsp3) is 0.268. The van der Waals surface area contributed by atoms with Crippen LogP contribution in [0.5, 0.6) is 11.5 Å². The van der Waals surface area contributed by atoms with Gasteiger partial charge in [0.1, 0.15) is 17.1 Å². The highest BCUT2D eigenvalue weighted by molar-refractivity contribution is 7.90. The first-order valence-electron chi connectivity index (χ1n) is 18.2. The summed E-state index contributed by atoms with van der Waals surface area (Å²) in [5.74, 6) is -0.350. The summed E-state index contributed by atoms with van der Waals surface area (Å²) < 4.78 is 35.6. The number of hydrogen-bond acceptors (Lipinski definition) is 9. The molecule has 1 aliphatic heterocycles. The average molecular weight is 778 g/mol. The van der Waals surface area contributed by atoms with Crippen molar-refractivity contribution in [1.29, 1.82) is 0 Å². The summed E-state index contributed by atoms with van der Waals surface area (Å²) in [5.41, 5.74) is 5.53. The molecule has 55 heavy (non-hydrogen) atoms. The van der Waals surface area contributed by atoms with Crippen LogP contribution in [0, 0.1) is 5.41 Å². The molecule has 282 valence electrons. The summed E-state index contributed by atoms with van der Waals surface area (Å²) in [5, 5.41) is 5.18. The minimum Gasteiger partial charge on any atom is -0.455 e. The second-order valence-electron chi connectivity index (χ2n) is 14.9. The average Bonchev–Trinajstić information content (AvgIpc) is 3.64. The van der Waals surface area contributed by atoms with Gasteiger partial charge >= 0.3 is 0 Å². The number of benzene rings is 3. The van der Waals surface area contributed by atoms with Gasteiger partial charge in [-0.1, -0.05) is 43.2 Å². The van der Waals surface area contributed by atoms with E-state index in [2.05, 4.69) is 60.9 Å². The van der Waals surface area contributed by atoms with Gasteiger partial charge in [-0.05, 0) is 96.8 Å². The Hall–Kier alpha value is -5.50. The Morgan fingerprint density at radius 1 is 1.04 bits per heavy atom. The number of fused-ring (bicyclic) bond motifs is 2. The van der Waals surface area contributed by atoms with Crippen molar-refractivity contribution in [2.75, 3.05) is 24.5 Å².